The molecule has 0 aliphatic heterocycles. The minimum absolute atomic E-state index is 0.316. The van der Waals surface area contributed by atoms with Crippen molar-refractivity contribution in [2.24, 2.45) is 0 Å². The molecule has 144 valence electrons. The molecule has 0 bridgehead atoms. The Kier molecular flexibility index (Phi) is 6.32. The summed E-state index contributed by atoms with van der Waals surface area (Å²) in [4.78, 5) is 32.3. The van der Waals surface area contributed by atoms with Crippen LogP contribution in [0.5, 0.6) is 0 Å². The van der Waals surface area contributed by atoms with Gasteiger partial charge in [0, 0.05) is 18.9 Å². The van der Waals surface area contributed by atoms with Gasteiger partial charge in [-0.2, -0.15) is 0 Å². The second-order valence-electron chi connectivity index (χ2n) is 6.83. The molecule has 2 aromatic carbocycles. The molecule has 0 atom stereocenters. The average molecular weight is 377 g/mol. The predicted octanol–water partition coefficient (Wildman–Crippen LogP) is 3.27. The van der Waals surface area contributed by atoms with Crippen molar-refractivity contribution in [3.05, 3.63) is 71.5 Å². The molecular formula is C22H23N3O3. The van der Waals surface area contributed by atoms with E-state index in [2.05, 4.69) is 53.4 Å². The highest BCUT2D eigenvalue weighted by atomic mass is 16.5. The molecule has 0 aliphatic rings. The van der Waals surface area contributed by atoms with E-state index in [0.717, 1.165) is 12.0 Å². The summed E-state index contributed by atoms with van der Waals surface area (Å²) in [7, 11) is 0. The third-order valence-electron chi connectivity index (χ3n) is 4.42. The maximum absolute atomic E-state index is 12.1. The summed E-state index contributed by atoms with van der Waals surface area (Å²) < 4.78 is 5.08. The van der Waals surface area contributed by atoms with Gasteiger partial charge in [0.15, 0.2) is 6.61 Å². The molecule has 6 nitrogen and oxygen atoms in total. The van der Waals surface area contributed by atoms with Crippen molar-refractivity contribution in [1.82, 2.24) is 15.3 Å². The number of rotatable bonds is 7. The topological polar surface area (TPSA) is 81.2 Å². The lowest BCUT2D eigenvalue weighted by Gasteiger charge is -2.09. The van der Waals surface area contributed by atoms with Gasteiger partial charge in [-0.25, -0.2) is 4.79 Å². The van der Waals surface area contributed by atoms with E-state index in [0.29, 0.717) is 29.1 Å². The zero-order chi connectivity index (χ0) is 19.9. The number of esters is 1. The molecule has 3 rings (SSSR count). The van der Waals surface area contributed by atoms with Crippen LogP contribution in [0, 0.1) is 0 Å². The van der Waals surface area contributed by atoms with Crippen molar-refractivity contribution in [1.29, 1.82) is 0 Å². The van der Waals surface area contributed by atoms with E-state index in [-0.39, 0.29) is 12.5 Å². The molecule has 1 amide bonds. The molecule has 28 heavy (non-hydrogen) atoms. The second kappa shape index (κ2) is 9.08. The third-order valence-corrected chi connectivity index (χ3v) is 4.42. The van der Waals surface area contributed by atoms with E-state index in [1.165, 1.54) is 5.56 Å². The lowest BCUT2D eigenvalue weighted by atomic mass is 10.0. The zero-order valence-corrected chi connectivity index (χ0v) is 16.0. The average Bonchev–Trinajstić information content (AvgIpc) is 2.72. The number of carbonyl (C=O) groups is 2. The van der Waals surface area contributed by atoms with Crippen molar-refractivity contribution in [3.8, 4) is 0 Å². The Morgan fingerprint density at radius 1 is 1.00 bits per heavy atom. The molecule has 0 unspecified atom stereocenters. The standard InChI is InChI=1S/C22H23N3O3/c1-15(2)17-5-3-16(4-6-17)9-10-25-21(26)14-28-22(27)18-7-8-19-20(13-18)24-12-11-23-19/h3-8,11-13,15H,9-10,14H2,1-2H3,(H,25,26). The fraction of sp³-hybridized carbons (Fsp3) is 0.273. The first kappa shape index (κ1) is 19.5. The molecule has 1 N–H and O–H groups in total. The van der Waals surface area contributed by atoms with Gasteiger partial charge in [-0.3, -0.25) is 14.8 Å². The number of hydrogen-bond acceptors (Lipinski definition) is 5. The van der Waals surface area contributed by atoms with Crippen LogP contribution >= 0.6 is 0 Å². The molecule has 0 saturated heterocycles. The maximum Gasteiger partial charge on any atom is 0.338 e. The Morgan fingerprint density at radius 3 is 2.43 bits per heavy atom. The Morgan fingerprint density at radius 2 is 1.71 bits per heavy atom. The molecule has 0 aliphatic carbocycles. The van der Waals surface area contributed by atoms with Crippen molar-refractivity contribution < 1.29 is 14.3 Å². The SMILES string of the molecule is CC(C)c1ccc(CCNC(=O)COC(=O)c2ccc3nccnc3c2)cc1. The lowest BCUT2D eigenvalue weighted by molar-refractivity contribution is -0.124. The molecule has 0 radical (unpaired) electrons. The summed E-state index contributed by atoms with van der Waals surface area (Å²) in [5.41, 5.74) is 4.08. The fourth-order valence-corrected chi connectivity index (χ4v) is 2.77. The first-order valence-corrected chi connectivity index (χ1v) is 9.26. The Labute approximate surface area is 164 Å². The smallest absolute Gasteiger partial charge is 0.338 e. The van der Waals surface area contributed by atoms with E-state index in [4.69, 9.17) is 4.74 Å². The van der Waals surface area contributed by atoms with Crippen LogP contribution in [0.2, 0.25) is 0 Å². The summed E-state index contributed by atoms with van der Waals surface area (Å²) in [6.45, 7) is 4.48. The van der Waals surface area contributed by atoms with Crippen LogP contribution in [0.4, 0.5) is 0 Å². The van der Waals surface area contributed by atoms with E-state index in [1.807, 2.05) is 0 Å². The van der Waals surface area contributed by atoms with Crippen LogP contribution in [-0.2, 0) is 16.0 Å². The monoisotopic (exact) mass is 377 g/mol. The van der Waals surface area contributed by atoms with Crippen LogP contribution in [-0.4, -0.2) is 35.0 Å². The molecule has 0 saturated carbocycles. The van der Waals surface area contributed by atoms with Crippen LogP contribution in [0.1, 0.15) is 41.3 Å². The van der Waals surface area contributed by atoms with Crippen molar-refractivity contribution in [3.63, 3.8) is 0 Å². The highest BCUT2D eigenvalue weighted by Crippen LogP contribution is 2.15. The van der Waals surface area contributed by atoms with Gasteiger partial charge in [-0.15, -0.1) is 0 Å². The highest BCUT2D eigenvalue weighted by Gasteiger charge is 2.11. The predicted molar refractivity (Wildman–Crippen MR) is 107 cm³/mol. The Hall–Kier alpha value is -3.28. The quantitative estimate of drug-likeness (QED) is 0.639. The first-order chi connectivity index (χ1) is 13.5. The number of aromatic nitrogens is 2. The van der Waals surface area contributed by atoms with Gasteiger partial charge in [-0.05, 0) is 41.7 Å². The highest BCUT2D eigenvalue weighted by molar-refractivity contribution is 5.94. The Bertz CT molecular complexity index is 968. The van der Waals surface area contributed by atoms with E-state index >= 15 is 0 Å². The molecule has 6 heteroatoms. The van der Waals surface area contributed by atoms with Crippen LogP contribution < -0.4 is 5.32 Å². The number of nitrogens with one attached hydrogen (secondary N) is 1. The van der Waals surface area contributed by atoms with Crippen molar-refractivity contribution >= 4 is 22.9 Å². The molecule has 0 spiro atoms. The number of fused-ring (bicyclic) bond motifs is 1. The first-order valence-electron chi connectivity index (χ1n) is 9.26. The Balaban J connectivity index is 1.43. The second-order valence-corrected chi connectivity index (χ2v) is 6.83. The molecule has 1 aromatic heterocycles. The number of carbonyl (C=O) groups excluding carboxylic acids is 2. The largest absolute Gasteiger partial charge is 0.452 e. The van der Waals surface area contributed by atoms with E-state index in [1.54, 1.807) is 30.6 Å². The zero-order valence-electron chi connectivity index (χ0n) is 16.0. The van der Waals surface area contributed by atoms with Crippen LogP contribution in [0.25, 0.3) is 11.0 Å². The summed E-state index contributed by atoms with van der Waals surface area (Å²) in [6.07, 6.45) is 3.87. The van der Waals surface area contributed by atoms with Gasteiger partial charge < -0.3 is 10.1 Å². The number of amides is 1. The summed E-state index contributed by atoms with van der Waals surface area (Å²) in [6, 6.07) is 13.3. The minimum Gasteiger partial charge on any atom is -0.452 e. The summed E-state index contributed by atoms with van der Waals surface area (Å²) in [5, 5.41) is 2.77. The third kappa shape index (κ3) is 5.13. The van der Waals surface area contributed by atoms with Gasteiger partial charge in [0.05, 0.1) is 16.6 Å². The number of hydrogen-bond donors (Lipinski definition) is 1. The normalized spacial score (nSPS) is 10.8. The van der Waals surface area contributed by atoms with Gasteiger partial charge in [-0.1, -0.05) is 38.1 Å². The molecular weight excluding hydrogens is 354 g/mol. The van der Waals surface area contributed by atoms with Crippen molar-refractivity contribution in [2.75, 3.05) is 13.2 Å². The van der Waals surface area contributed by atoms with Crippen LogP contribution in [0.3, 0.4) is 0 Å². The number of nitrogens with zero attached hydrogens (tertiary/aromatic N) is 2. The van der Waals surface area contributed by atoms with Crippen LogP contribution in [0.15, 0.2) is 54.9 Å². The maximum atomic E-state index is 12.1. The minimum atomic E-state index is -0.563. The molecule has 3 aromatic rings. The number of ether oxygens (including phenoxy) is 1. The van der Waals surface area contributed by atoms with Gasteiger partial charge in [0.1, 0.15) is 0 Å². The van der Waals surface area contributed by atoms with Gasteiger partial charge in [0.25, 0.3) is 5.91 Å². The van der Waals surface area contributed by atoms with Gasteiger partial charge in [0.2, 0.25) is 0 Å². The summed E-state index contributed by atoms with van der Waals surface area (Å²) in [5.74, 6) is -0.391. The molecule has 0 fully saturated rings. The fourth-order valence-electron chi connectivity index (χ4n) is 2.77. The lowest BCUT2D eigenvalue weighted by Crippen LogP contribution is -2.30. The van der Waals surface area contributed by atoms with Crippen molar-refractivity contribution in [2.45, 2.75) is 26.2 Å². The van der Waals surface area contributed by atoms with Gasteiger partial charge >= 0.3 is 5.97 Å². The van der Waals surface area contributed by atoms with E-state index in [9.17, 15) is 9.59 Å². The van der Waals surface area contributed by atoms with E-state index < -0.39 is 5.97 Å². The summed E-state index contributed by atoms with van der Waals surface area (Å²) >= 11 is 0. The molecule has 1 heterocycles. The number of benzene rings is 2.